The van der Waals surface area contributed by atoms with Gasteiger partial charge in [-0.2, -0.15) is 18.3 Å². The van der Waals surface area contributed by atoms with Crippen LogP contribution in [0.15, 0.2) is 18.2 Å². The predicted octanol–water partition coefficient (Wildman–Crippen LogP) is 2.52. The largest absolute Gasteiger partial charge is 0.432 e. The second kappa shape index (κ2) is 4.45. The molecule has 2 aromatic rings. The number of H-pyrrole nitrogens is 1. The summed E-state index contributed by atoms with van der Waals surface area (Å²) in [5.74, 6) is -0.280. The Morgan fingerprint density at radius 2 is 2.17 bits per heavy atom. The van der Waals surface area contributed by atoms with Crippen LogP contribution in [0.1, 0.15) is 15.4 Å². The Labute approximate surface area is 104 Å². The van der Waals surface area contributed by atoms with Crippen LogP contribution in [-0.4, -0.2) is 23.2 Å². The van der Waals surface area contributed by atoms with Crippen LogP contribution in [0.4, 0.5) is 13.2 Å². The minimum Gasteiger partial charge on any atom is -0.354 e. The molecular formula is C10H8F3N3OS. The van der Waals surface area contributed by atoms with E-state index in [-0.39, 0.29) is 11.6 Å². The highest BCUT2D eigenvalue weighted by atomic mass is 32.1. The van der Waals surface area contributed by atoms with Gasteiger partial charge in [0.05, 0.1) is 9.75 Å². The topological polar surface area (TPSA) is 57.8 Å². The summed E-state index contributed by atoms with van der Waals surface area (Å²) in [4.78, 5) is 12.2. The van der Waals surface area contributed by atoms with Gasteiger partial charge in [-0.1, -0.05) is 0 Å². The Morgan fingerprint density at radius 3 is 2.72 bits per heavy atom. The number of rotatable bonds is 2. The number of aromatic nitrogens is 2. The Bertz CT molecular complexity index is 573. The highest BCUT2D eigenvalue weighted by molar-refractivity contribution is 7.17. The van der Waals surface area contributed by atoms with Gasteiger partial charge in [-0.05, 0) is 18.2 Å². The van der Waals surface area contributed by atoms with Crippen LogP contribution in [0.5, 0.6) is 0 Å². The molecule has 2 aromatic heterocycles. The van der Waals surface area contributed by atoms with Crippen LogP contribution >= 0.6 is 11.3 Å². The fourth-order valence-electron chi connectivity index (χ4n) is 1.31. The van der Waals surface area contributed by atoms with Gasteiger partial charge < -0.3 is 5.32 Å². The van der Waals surface area contributed by atoms with E-state index >= 15 is 0 Å². The van der Waals surface area contributed by atoms with E-state index in [1.165, 1.54) is 7.05 Å². The first-order chi connectivity index (χ1) is 8.41. The van der Waals surface area contributed by atoms with Gasteiger partial charge in [-0.3, -0.25) is 9.89 Å². The average Bonchev–Trinajstić information content (AvgIpc) is 2.94. The first-order valence-electron chi connectivity index (χ1n) is 4.86. The maximum Gasteiger partial charge on any atom is 0.432 e. The summed E-state index contributed by atoms with van der Waals surface area (Å²) >= 11 is 1.08. The molecule has 0 aliphatic heterocycles. The number of carbonyl (C=O) groups is 1. The summed E-state index contributed by atoms with van der Waals surface area (Å²) in [6.07, 6.45) is -4.45. The third-order valence-corrected chi connectivity index (χ3v) is 3.30. The molecule has 0 aromatic carbocycles. The lowest BCUT2D eigenvalue weighted by molar-refractivity contribution is -0.141. The van der Waals surface area contributed by atoms with Gasteiger partial charge >= 0.3 is 6.18 Å². The summed E-state index contributed by atoms with van der Waals surface area (Å²) in [6.45, 7) is 0. The lowest BCUT2D eigenvalue weighted by Gasteiger charge is -1.99. The molecule has 0 unspecified atom stereocenters. The van der Waals surface area contributed by atoms with Crippen molar-refractivity contribution in [2.24, 2.45) is 0 Å². The Hall–Kier alpha value is -1.83. The fraction of sp³-hybridized carbons (Fsp3) is 0.200. The molecule has 0 aliphatic rings. The maximum atomic E-state index is 12.4. The van der Waals surface area contributed by atoms with Gasteiger partial charge in [0.2, 0.25) is 0 Å². The van der Waals surface area contributed by atoms with E-state index in [4.69, 9.17) is 0 Å². The van der Waals surface area contributed by atoms with E-state index < -0.39 is 11.9 Å². The van der Waals surface area contributed by atoms with Crippen LogP contribution in [0.3, 0.4) is 0 Å². The number of nitrogens with zero attached hydrogens (tertiary/aromatic N) is 1. The molecule has 8 heteroatoms. The van der Waals surface area contributed by atoms with E-state index in [9.17, 15) is 18.0 Å². The van der Waals surface area contributed by atoms with Crippen LogP contribution in [0.2, 0.25) is 0 Å². The van der Waals surface area contributed by atoms with Crippen molar-refractivity contribution < 1.29 is 18.0 Å². The normalized spacial score (nSPS) is 11.6. The molecule has 2 rings (SSSR count). The van der Waals surface area contributed by atoms with Crippen LogP contribution < -0.4 is 5.32 Å². The van der Waals surface area contributed by atoms with Crippen molar-refractivity contribution in [2.75, 3.05) is 7.05 Å². The summed E-state index contributed by atoms with van der Waals surface area (Å²) in [7, 11) is 1.48. The zero-order valence-corrected chi connectivity index (χ0v) is 9.95. The van der Waals surface area contributed by atoms with Crippen molar-refractivity contribution >= 4 is 17.2 Å². The van der Waals surface area contributed by atoms with Gasteiger partial charge in [0, 0.05) is 7.05 Å². The molecule has 2 heterocycles. The van der Waals surface area contributed by atoms with Gasteiger partial charge in [-0.25, -0.2) is 0 Å². The van der Waals surface area contributed by atoms with Crippen molar-refractivity contribution in [3.63, 3.8) is 0 Å². The molecule has 0 spiro atoms. The van der Waals surface area contributed by atoms with Gasteiger partial charge in [-0.15, -0.1) is 11.3 Å². The number of alkyl halides is 3. The molecule has 0 saturated heterocycles. The monoisotopic (exact) mass is 275 g/mol. The van der Waals surface area contributed by atoms with Crippen molar-refractivity contribution in [2.45, 2.75) is 6.18 Å². The third-order valence-electron chi connectivity index (χ3n) is 2.19. The molecule has 4 nitrogen and oxygen atoms in total. The van der Waals surface area contributed by atoms with Crippen LogP contribution in [0, 0.1) is 0 Å². The molecular weight excluding hydrogens is 267 g/mol. The van der Waals surface area contributed by atoms with Gasteiger partial charge in [0.15, 0.2) is 0 Å². The summed E-state index contributed by atoms with van der Waals surface area (Å²) in [5.41, 5.74) is -0.741. The lowest BCUT2D eigenvalue weighted by Crippen LogP contribution is -2.15. The van der Waals surface area contributed by atoms with Crippen molar-refractivity contribution in [1.29, 1.82) is 0 Å². The molecule has 18 heavy (non-hydrogen) atoms. The molecule has 1 amide bonds. The molecule has 96 valence electrons. The van der Waals surface area contributed by atoms with E-state index in [2.05, 4.69) is 10.4 Å². The van der Waals surface area contributed by atoms with E-state index in [0.717, 1.165) is 17.4 Å². The molecule has 0 bridgehead atoms. The number of aromatic amines is 1. The predicted molar refractivity (Wildman–Crippen MR) is 60.3 cm³/mol. The Morgan fingerprint density at radius 1 is 1.44 bits per heavy atom. The van der Waals surface area contributed by atoms with Gasteiger partial charge in [0.1, 0.15) is 11.4 Å². The highest BCUT2D eigenvalue weighted by Gasteiger charge is 2.33. The second-order valence-corrected chi connectivity index (χ2v) is 4.49. The standard InChI is InChI=1S/C10H8F3N3OS/c1-14-9(17)7-3-2-6(18-7)5-4-8(16-15-5)10(11,12)13/h2-4H,1H3,(H,14,17)(H,15,16). The summed E-state index contributed by atoms with van der Waals surface area (Å²) in [5, 5.41) is 7.95. The van der Waals surface area contributed by atoms with Crippen LogP contribution in [-0.2, 0) is 6.18 Å². The third kappa shape index (κ3) is 2.37. The molecule has 0 aliphatic carbocycles. The molecule has 0 radical (unpaired) electrons. The molecule has 0 fully saturated rings. The molecule has 0 atom stereocenters. The minimum atomic E-state index is -4.45. The minimum absolute atomic E-state index is 0.169. The van der Waals surface area contributed by atoms with Crippen molar-refractivity contribution in [3.05, 3.63) is 28.8 Å². The first-order valence-corrected chi connectivity index (χ1v) is 5.68. The van der Waals surface area contributed by atoms with Crippen molar-refractivity contribution in [3.8, 4) is 10.6 Å². The number of carbonyl (C=O) groups excluding carboxylic acids is 1. The summed E-state index contributed by atoms with van der Waals surface area (Å²) < 4.78 is 37.1. The number of nitrogens with one attached hydrogen (secondary N) is 2. The first kappa shape index (κ1) is 12.6. The zero-order chi connectivity index (χ0) is 13.3. The Balaban J connectivity index is 2.30. The number of hydrogen-bond acceptors (Lipinski definition) is 3. The van der Waals surface area contributed by atoms with Crippen LogP contribution in [0.25, 0.3) is 10.6 Å². The van der Waals surface area contributed by atoms with E-state index in [1.54, 1.807) is 12.1 Å². The quantitative estimate of drug-likeness (QED) is 0.884. The highest BCUT2D eigenvalue weighted by Crippen LogP contribution is 2.32. The lowest BCUT2D eigenvalue weighted by atomic mass is 10.3. The van der Waals surface area contributed by atoms with E-state index in [1.807, 2.05) is 5.10 Å². The zero-order valence-electron chi connectivity index (χ0n) is 9.13. The number of amides is 1. The average molecular weight is 275 g/mol. The fourth-order valence-corrected chi connectivity index (χ4v) is 2.23. The summed E-state index contributed by atoms with van der Waals surface area (Å²) in [6, 6.07) is 4.02. The number of hydrogen-bond donors (Lipinski definition) is 2. The smallest absolute Gasteiger partial charge is 0.354 e. The number of halogens is 3. The van der Waals surface area contributed by atoms with Gasteiger partial charge in [0.25, 0.3) is 5.91 Å². The molecule has 2 N–H and O–H groups in total. The maximum absolute atomic E-state index is 12.4. The number of thiophene rings is 1. The van der Waals surface area contributed by atoms with Crippen molar-refractivity contribution in [1.82, 2.24) is 15.5 Å². The second-order valence-electron chi connectivity index (χ2n) is 3.41. The Kier molecular flexibility index (Phi) is 3.12. The van der Waals surface area contributed by atoms with E-state index in [0.29, 0.717) is 9.75 Å². The molecule has 0 saturated carbocycles. The SMILES string of the molecule is CNC(=O)c1ccc(-c2cc(C(F)(F)F)[nH]n2)s1.